The zero-order chi connectivity index (χ0) is 25.1. The van der Waals surface area contributed by atoms with E-state index in [0.29, 0.717) is 6.41 Å². The number of nitrogens with zero attached hydrogens (tertiary/aromatic N) is 2. The van der Waals surface area contributed by atoms with Gasteiger partial charge < -0.3 is 20.2 Å². The first kappa shape index (κ1) is 32.3. The van der Waals surface area contributed by atoms with Gasteiger partial charge in [-0.15, -0.1) is 0 Å². The number of carboxylic acids is 1. The van der Waals surface area contributed by atoms with Gasteiger partial charge in [-0.3, -0.25) is 9.59 Å². The molecule has 188 valence electrons. The van der Waals surface area contributed by atoms with E-state index in [1.807, 2.05) is 13.8 Å². The van der Waals surface area contributed by atoms with Crippen LogP contribution < -0.4 is 5.32 Å². The quantitative estimate of drug-likeness (QED) is 0.378. The van der Waals surface area contributed by atoms with Crippen molar-refractivity contribution in [1.29, 1.82) is 0 Å². The molecule has 0 aromatic rings. The van der Waals surface area contributed by atoms with E-state index in [4.69, 9.17) is 5.11 Å². The van der Waals surface area contributed by atoms with Crippen LogP contribution in [0.2, 0.25) is 0 Å². The number of hydrogen-bond acceptors (Lipinski definition) is 4. The Morgan fingerprint density at radius 1 is 1.06 bits per heavy atom. The molecule has 1 aliphatic rings. The fraction of sp³-hybridized carbons (Fsp3) is 0.800. The van der Waals surface area contributed by atoms with Gasteiger partial charge in [0.25, 0.3) is 0 Å². The lowest BCUT2D eigenvalue weighted by molar-refractivity contribution is -0.133. The Labute approximate surface area is 196 Å². The number of likely N-dealkylation sites (tertiary alicyclic amines) is 1. The van der Waals surface area contributed by atoms with Gasteiger partial charge in [-0.25, -0.2) is 4.79 Å². The van der Waals surface area contributed by atoms with Gasteiger partial charge in [-0.2, -0.15) is 0 Å². The van der Waals surface area contributed by atoms with Crippen LogP contribution in [-0.4, -0.2) is 72.0 Å². The summed E-state index contributed by atoms with van der Waals surface area (Å²) in [6, 6.07) is 0.516. The molecule has 1 rings (SSSR count). The second kappa shape index (κ2) is 19.8. The molecule has 1 saturated heterocycles. The largest absolute Gasteiger partial charge is 0.478 e. The number of amides is 2. The summed E-state index contributed by atoms with van der Waals surface area (Å²) in [5, 5.41) is 11.2. The van der Waals surface area contributed by atoms with Crippen LogP contribution in [-0.2, 0) is 14.4 Å². The monoisotopic (exact) mass is 455 g/mol. The molecular weight excluding hydrogens is 406 g/mol. The lowest BCUT2D eigenvalue weighted by atomic mass is 9.95. The molecule has 1 heterocycles. The topological polar surface area (TPSA) is 90.0 Å². The molecule has 0 radical (unpaired) electrons. The standard InChI is InChI=1S/C13H22N2O4.C9H19N.C3H8/c1-5-9(2)11(6-10(3)13(18)19)15(4)12(17)7-14-8-16;1-3-9(2)10-7-5-4-6-8-10;1-3-2/h6,8-9,11H,5,7H2,1-4H3,(H,14,16)(H,18,19);9H,3-8H2,1-2H3;3H2,1-2H3/b10-6+;;/t9-,11+;;/m0../s1. The van der Waals surface area contributed by atoms with Crippen molar-refractivity contribution in [2.45, 2.75) is 99.1 Å². The van der Waals surface area contributed by atoms with Crippen molar-refractivity contribution >= 4 is 18.3 Å². The Balaban J connectivity index is 0. The van der Waals surface area contributed by atoms with E-state index in [0.717, 1.165) is 12.5 Å². The Morgan fingerprint density at radius 2 is 1.59 bits per heavy atom. The van der Waals surface area contributed by atoms with Crippen molar-refractivity contribution in [3.8, 4) is 0 Å². The average molecular weight is 456 g/mol. The molecule has 0 spiro atoms. The fourth-order valence-corrected chi connectivity index (χ4v) is 3.26. The number of carbonyl (C=O) groups is 3. The van der Waals surface area contributed by atoms with E-state index >= 15 is 0 Å². The molecule has 0 aliphatic carbocycles. The molecule has 0 aromatic carbocycles. The van der Waals surface area contributed by atoms with Crippen LogP contribution in [0.5, 0.6) is 0 Å². The molecule has 0 saturated carbocycles. The molecule has 0 bridgehead atoms. The van der Waals surface area contributed by atoms with Crippen molar-refractivity contribution in [2.24, 2.45) is 5.92 Å². The van der Waals surface area contributed by atoms with Crippen LogP contribution in [0.4, 0.5) is 0 Å². The first-order valence-corrected chi connectivity index (χ1v) is 12.2. The number of aliphatic carboxylic acids is 1. The van der Waals surface area contributed by atoms with Gasteiger partial charge in [-0.05, 0) is 52.1 Å². The van der Waals surface area contributed by atoms with Gasteiger partial charge in [0.15, 0.2) is 0 Å². The molecule has 1 unspecified atom stereocenters. The van der Waals surface area contributed by atoms with Crippen LogP contribution in [0, 0.1) is 5.92 Å². The second-order valence-electron chi connectivity index (χ2n) is 8.60. The maximum Gasteiger partial charge on any atom is 0.331 e. The van der Waals surface area contributed by atoms with E-state index in [-0.39, 0.29) is 30.0 Å². The molecule has 1 aliphatic heterocycles. The molecule has 1 fully saturated rings. The highest BCUT2D eigenvalue weighted by Crippen LogP contribution is 2.17. The Bertz CT molecular complexity index is 545. The van der Waals surface area contributed by atoms with E-state index in [1.165, 1.54) is 57.0 Å². The predicted molar refractivity (Wildman–Crippen MR) is 133 cm³/mol. The molecule has 32 heavy (non-hydrogen) atoms. The van der Waals surface area contributed by atoms with Crippen LogP contribution >= 0.6 is 0 Å². The number of carbonyl (C=O) groups excluding carboxylic acids is 2. The second-order valence-corrected chi connectivity index (χ2v) is 8.60. The Kier molecular flexibility index (Phi) is 19.9. The van der Waals surface area contributed by atoms with Crippen molar-refractivity contribution in [2.75, 3.05) is 26.7 Å². The first-order valence-electron chi connectivity index (χ1n) is 12.2. The normalized spacial score (nSPS) is 16.8. The molecule has 7 heteroatoms. The Morgan fingerprint density at radius 3 is 2.00 bits per heavy atom. The van der Waals surface area contributed by atoms with Crippen LogP contribution in [0.3, 0.4) is 0 Å². The SMILES string of the molecule is CCC.CCC(C)N1CCCCC1.CC[C@H](C)[C@@H](/C=C(\C)C(=O)O)N(C)C(=O)CNC=O. The number of carboxylic acid groups (broad SMARTS) is 1. The summed E-state index contributed by atoms with van der Waals surface area (Å²) >= 11 is 0. The smallest absolute Gasteiger partial charge is 0.331 e. The van der Waals surface area contributed by atoms with Crippen LogP contribution in [0.1, 0.15) is 87.0 Å². The molecule has 3 atom stereocenters. The number of nitrogens with one attached hydrogen (secondary N) is 1. The summed E-state index contributed by atoms with van der Waals surface area (Å²) in [4.78, 5) is 37.0. The molecular formula is C25H49N3O4. The van der Waals surface area contributed by atoms with Gasteiger partial charge in [0.2, 0.25) is 12.3 Å². The lowest BCUT2D eigenvalue weighted by Crippen LogP contribution is -2.44. The maximum atomic E-state index is 11.8. The van der Waals surface area contributed by atoms with Crippen molar-refractivity contribution in [3.63, 3.8) is 0 Å². The fourth-order valence-electron chi connectivity index (χ4n) is 3.26. The Hall–Kier alpha value is -1.89. The third-order valence-electron chi connectivity index (χ3n) is 5.77. The molecule has 2 amide bonds. The highest BCUT2D eigenvalue weighted by atomic mass is 16.4. The minimum absolute atomic E-state index is 0.0904. The van der Waals surface area contributed by atoms with Crippen LogP contribution in [0.25, 0.3) is 0 Å². The summed E-state index contributed by atoms with van der Waals surface area (Å²) in [5.41, 5.74) is 0.202. The number of rotatable bonds is 10. The minimum Gasteiger partial charge on any atom is -0.478 e. The van der Waals surface area contributed by atoms with E-state index in [1.54, 1.807) is 13.1 Å². The zero-order valence-electron chi connectivity index (χ0n) is 21.8. The summed E-state index contributed by atoms with van der Waals surface area (Å²) in [6.45, 7) is 16.9. The minimum atomic E-state index is -1.000. The maximum absolute atomic E-state index is 11.8. The highest BCUT2D eigenvalue weighted by Gasteiger charge is 2.23. The van der Waals surface area contributed by atoms with Gasteiger partial charge >= 0.3 is 5.97 Å². The van der Waals surface area contributed by atoms with Crippen molar-refractivity contribution in [3.05, 3.63) is 11.6 Å². The van der Waals surface area contributed by atoms with Crippen molar-refractivity contribution in [1.82, 2.24) is 15.1 Å². The summed E-state index contributed by atoms with van der Waals surface area (Å²) < 4.78 is 0. The summed E-state index contributed by atoms with van der Waals surface area (Å²) in [5.74, 6) is -1.13. The van der Waals surface area contributed by atoms with E-state index in [2.05, 4.69) is 37.9 Å². The van der Waals surface area contributed by atoms with Gasteiger partial charge in [-0.1, -0.05) is 60.0 Å². The predicted octanol–water partition coefficient (Wildman–Crippen LogP) is 4.32. The van der Waals surface area contributed by atoms with Gasteiger partial charge in [0.1, 0.15) is 0 Å². The molecule has 0 aromatic heterocycles. The number of likely N-dealkylation sites (N-methyl/N-ethyl adjacent to an activating group) is 1. The third-order valence-corrected chi connectivity index (χ3v) is 5.77. The number of hydrogen-bond donors (Lipinski definition) is 2. The average Bonchev–Trinajstić information content (AvgIpc) is 2.80. The van der Waals surface area contributed by atoms with Gasteiger partial charge in [0.05, 0.1) is 12.6 Å². The van der Waals surface area contributed by atoms with Crippen LogP contribution in [0.15, 0.2) is 11.6 Å². The summed E-state index contributed by atoms with van der Waals surface area (Å²) in [7, 11) is 1.61. The zero-order valence-corrected chi connectivity index (χ0v) is 21.8. The number of piperidine rings is 1. The first-order chi connectivity index (χ1) is 15.1. The molecule has 2 N–H and O–H groups in total. The van der Waals surface area contributed by atoms with Gasteiger partial charge in [0, 0.05) is 18.7 Å². The lowest BCUT2D eigenvalue weighted by Gasteiger charge is -2.31. The molecule has 7 nitrogen and oxygen atoms in total. The van der Waals surface area contributed by atoms with Crippen molar-refractivity contribution < 1.29 is 19.5 Å². The third kappa shape index (κ3) is 14.2. The van der Waals surface area contributed by atoms with E-state index in [9.17, 15) is 14.4 Å². The van der Waals surface area contributed by atoms with E-state index < -0.39 is 5.97 Å². The summed E-state index contributed by atoms with van der Waals surface area (Å²) in [6.07, 6.45) is 9.70. The highest BCUT2D eigenvalue weighted by molar-refractivity contribution is 5.86.